The number of halogens is 2. The number of anilines is 1. The Morgan fingerprint density at radius 3 is 2.52 bits per heavy atom. The van der Waals surface area contributed by atoms with Crippen LogP contribution in [-0.2, 0) is 11.4 Å². The van der Waals surface area contributed by atoms with Crippen molar-refractivity contribution in [3.05, 3.63) is 59.7 Å². The second kappa shape index (κ2) is 6.81. The predicted octanol–water partition coefficient (Wildman–Crippen LogP) is 2.47. The van der Waals surface area contributed by atoms with E-state index in [1.165, 1.54) is 30.3 Å². The lowest BCUT2D eigenvalue weighted by atomic mass is 10.2. The quantitative estimate of drug-likeness (QED) is 0.890. The normalized spacial score (nSPS) is 10.2. The maximum Gasteiger partial charge on any atom is 0.262 e. The van der Waals surface area contributed by atoms with E-state index in [1.54, 1.807) is 6.07 Å². The first kappa shape index (κ1) is 14.9. The highest BCUT2D eigenvalue weighted by molar-refractivity contribution is 5.91. The van der Waals surface area contributed by atoms with Gasteiger partial charge in [0.2, 0.25) is 0 Å². The monoisotopic (exact) mass is 293 g/mol. The molecule has 0 saturated heterocycles. The molecule has 110 valence electrons. The Hall–Kier alpha value is -2.47. The number of benzene rings is 2. The van der Waals surface area contributed by atoms with E-state index in [4.69, 9.17) is 9.84 Å². The van der Waals surface area contributed by atoms with E-state index in [9.17, 15) is 13.6 Å². The average molecular weight is 293 g/mol. The summed E-state index contributed by atoms with van der Waals surface area (Å²) < 4.78 is 32.0. The number of aliphatic hydroxyl groups excluding tert-OH is 1. The van der Waals surface area contributed by atoms with Crippen molar-refractivity contribution in [3.8, 4) is 5.75 Å². The predicted molar refractivity (Wildman–Crippen MR) is 72.8 cm³/mol. The Bertz CT molecular complexity index is 647. The fourth-order valence-electron chi connectivity index (χ4n) is 1.73. The second-order valence-electron chi connectivity index (χ2n) is 4.20. The molecule has 0 unspecified atom stereocenters. The molecule has 0 saturated carbocycles. The van der Waals surface area contributed by atoms with Crippen LogP contribution < -0.4 is 10.1 Å². The van der Waals surface area contributed by atoms with Crippen LogP contribution in [0.15, 0.2) is 42.5 Å². The van der Waals surface area contributed by atoms with Crippen molar-refractivity contribution in [1.82, 2.24) is 0 Å². The van der Waals surface area contributed by atoms with Crippen molar-refractivity contribution < 1.29 is 23.4 Å². The van der Waals surface area contributed by atoms with Gasteiger partial charge in [-0.25, -0.2) is 8.78 Å². The Balaban J connectivity index is 2.01. The van der Waals surface area contributed by atoms with Crippen molar-refractivity contribution in [1.29, 1.82) is 0 Å². The van der Waals surface area contributed by atoms with E-state index in [-0.39, 0.29) is 17.0 Å². The number of amides is 1. The summed E-state index contributed by atoms with van der Waals surface area (Å²) in [5.74, 6) is -2.08. The number of para-hydroxylation sites is 2. The van der Waals surface area contributed by atoms with Crippen molar-refractivity contribution in [2.24, 2.45) is 0 Å². The zero-order valence-electron chi connectivity index (χ0n) is 11.0. The lowest BCUT2D eigenvalue weighted by Crippen LogP contribution is -2.21. The zero-order valence-corrected chi connectivity index (χ0v) is 11.0. The number of aliphatic hydroxyl groups is 1. The summed E-state index contributed by atoms with van der Waals surface area (Å²) in [4.78, 5) is 11.7. The second-order valence-corrected chi connectivity index (χ2v) is 4.20. The zero-order chi connectivity index (χ0) is 15.2. The first-order valence-electron chi connectivity index (χ1n) is 6.17. The number of carbonyl (C=O) groups excluding carboxylic acids is 1. The summed E-state index contributed by atoms with van der Waals surface area (Å²) in [5, 5.41) is 11.4. The number of hydrogen-bond acceptors (Lipinski definition) is 3. The molecule has 0 fully saturated rings. The van der Waals surface area contributed by atoms with Gasteiger partial charge in [-0.2, -0.15) is 0 Å². The smallest absolute Gasteiger partial charge is 0.262 e. The van der Waals surface area contributed by atoms with Gasteiger partial charge < -0.3 is 15.2 Å². The summed E-state index contributed by atoms with van der Waals surface area (Å²) in [6.07, 6.45) is 0. The summed E-state index contributed by atoms with van der Waals surface area (Å²) in [6, 6.07) is 9.73. The van der Waals surface area contributed by atoms with Gasteiger partial charge in [-0.05, 0) is 18.2 Å². The topological polar surface area (TPSA) is 58.6 Å². The van der Waals surface area contributed by atoms with Gasteiger partial charge in [-0.3, -0.25) is 4.79 Å². The molecule has 0 bridgehead atoms. The summed E-state index contributed by atoms with van der Waals surface area (Å²) >= 11 is 0. The first-order chi connectivity index (χ1) is 10.1. The average Bonchev–Trinajstić information content (AvgIpc) is 2.48. The van der Waals surface area contributed by atoms with Gasteiger partial charge in [0.15, 0.2) is 18.2 Å². The van der Waals surface area contributed by atoms with Gasteiger partial charge in [0, 0.05) is 5.56 Å². The third-order valence-electron chi connectivity index (χ3n) is 2.71. The van der Waals surface area contributed by atoms with Crippen molar-refractivity contribution in [3.63, 3.8) is 0 Å². The van der Waals surface area contributed by atoms with Crippen LogP contribution in [0.5, 0.6) is 5.75 Å². The van der Waals surface area contributed by atoms with Crippen LogP contribution in [0, 0.1) is 11.6 Å². The van der Waals surface area contributed by atoms with Crippen LogP contribution in [0.1, 0.15) is 5.56 Å². The van der Waals surface area contributed by atoms with E-state index in [0.29, 0.717) is 0 Å². The highest BCUT2D eigenvalue weighted by atomic mass is 19.1. The van der Waals surface area contributed by atoms with Gasteiger partial charge in [-0.15, -0.1) is 0 Å². The highest BCUT2D eigenvalue weighted by Gasteiger charge is 2.12. The summed E-state index contributed by atoms with van der Waals surface area (Å²) in [6.45, 7) is -0.912. The Morgan fingerprint density at radius 2 is 1.81 bits per heavy atom. The molecule has 0 aliphatic rings. The molecule has 2 rings (SSSR count). The third-order valence-corrected chi connectivity index (χ3v) is 2.71. The lowest BCUT2D eigenvalue weighted by Gasteiger charge is -2.11. The van der Waals surface area contributed by atoms with Crippen molar-refractivity contribution in [2.75, 3.05) is 11.9 Å². The molecule has 0 heterocycles. The minimum absolute atomic E-state index is 0.0158. The Kier molecular flexibility index (Phi) is 4.84. The van der Waals surface area contributed by atoms with Crippen molar-refractivity contribution in [2.45, 2.75) is 6.61 Å². The van der Waals surface area contributed by atoms with Gasteiger partial charge in [0.1, 0.15) is 5.82 Å². The SMILES string of the molecule is O=C(COc1c(F)cccc1CO)Nc1ccccc1F. The van der Waals surface area contributed by atoms with Crippen LogP contribution in [0.2, 0.25) is 0 Å². The molecule has 2 aromatic carbocycles. The van der Waals surface area contributed by atoms with E-state index >= 15 is 0 Å². The molecule has 0 spiro atoms. The van der Waals surface area contributed by atoms with Gasteiger partial charge in [0.05, 0.1) is 12.3 Å². The third kappa shape index (κ3) is 3.76. The van der Waals surface area contributed by atoms with Crippen LogP contribution in [-0.4, -0.2) is 17.6 Å². The summed E-state index contributed by atoms with van der Waals surface area (Å²) in [5.41, 5.74) is 0.246. The number of hydrogen-bond donors (Lipinski definition) is 2. The number of ether oxygens (including phenoxy) is 1. The largest absolute Gasteiger partial charge is 0.480 e. The molecule has 0 aliphatic heterocycles. The lowest BCUT2D eigenvalue weighted by molar-refractivity contribution is -0.118. The Morgan fingerprint density at radius 1 is 1.10 bits per heavy atom. The minimum atomic E-state index is -0.680. The molecule has 21 heavy (non-hydrogen) atoms. The molecule has 6 heteroatoms. The molecular weight excluding hydrogens is 280 g/mol. The Labute approximate surface area is 120 Å². The van der Waals surface area contributed by atoms with Crippen LogP contribution in [0.3, 0.4) is 0 Å². The number of nitrogens with one attached hydrogen (secondary N) is 1. The molecule has 0 aromatic heterocycles. The molecule has 0 aliphatic carbocycles. The number of rotatable bonds is 5. The molecule has 4 nitrogen and oxygen atoms in total. The van der Waals surface area contributed by atoms with E-state index in [0.717, 1.165) is 6.07 Å². The molecular formula is C15H13F2NO3. The molecule has 0 radical (unpaired) electrons. The van der Waals surface area contributed by atoms with Gasteiger partial charge >= 0.3 is 0 Å². The summed E-state index contributed by atoms with van der Waals surface area (Å²) in [7, 11) is 0. The molecule has 1 amide bonds. The van der Waals surface area contributed by atoms with E-state index in [1.807, 2.05) is 0 Å². The van der Waals surface area contributed by atoms with Gasteiger partial charge in [-0.1, -0.05) is 24.3 Å². The standard InChI is InChI=1S/C15H13F2NO3/c16-11-5-1-2-7-13(11)18-14(20)9-21-15-10(8-19)4-3-6-12(15)17/h1-7,19H,8-9H2,(H,18,20). The fourth-order valence-corrected chi connectivity index (χ4v) is 1.73. The van der Waals surface area contributed by atoms with Crippen LogP contribution in [0.25, 0.3) is 0 Å². The number of carbonyl (C=O) groups is 1. The van der Waals surface area contributed by atoms with E-state index < -0.39 is 30.8 Å². The van der Waals surface area contributed by atoms with Crippen LogP contribution in [0.4, 0.5) is 14.5 Å². The first-order valence-corrected chi connectivity index (χ1v) is 6.17. The highest BCUT2D eigenvalue weighted by Crippen LogP contribution is 2.22. The fraction of sp³-hybridized carbons (Fsp3) is 0.133. The molecule has 2 aromatic rings. The van der Waals surface area contributed by atoms with Gasteiger partial charge in [0.25, 0.3) is 5.91 Å². The van der Waals surface area contributed by atoms with E-state index in [2.05, 4.69) is 5.32 Å². The van der Waals surface area contributed by atoms with Crippen LogP contribution >= 0.6 is 0 Å². The molecule has 2 N–H and O–H groups in total. The maximum atomic E-state index is 13.6. The molecule has 0 atom stereocenters. The maximum absolute atomic E-state index is 13.6. The minimum Gasteiger partial charge on any atom is -0.480 e. The van der Waals surface area contributed by atoms with Crippen molar-refractivity contribution >= 4 is 11.6 Å².